The van der Waals surface area contributed by atoms with Crippen LogP contribution >= 0.6 is 0 Å². The molecule has 1 aromatic carbocycles. The van der Waals surface area contributed by atoms with Crippen LogP contribution < -0.4 is 4.90 Å². The van der Waals surface area contributed by atoms with Gasteiger partial charge in [0.2, 0.25) is 0 Å². The Morgan fingerprint density at radius 2 is 2.17 bits per heavy atom. The van der Waals surface area contributed by atoms with E-state index >= 15 is 0 Å². The number of hydrogen-bond acceptors (Lipinski definition) is 3. The van der Waals surface area contributed by atoms with E-state index in [1.54, 1.807) is 12.1 Å². The Labute approximate surface area is 107 Å². The molecular weight excluding hydrogens is 228 g/mol. The lowest BCUT2D eigenvalue weighted by molar-refractivity contribution is 0.0697. The van der Waals surface area contributed by atoms with E-state index in [-0.39, 0.29) is 0 Å². The molecule has 2 aliphatic heterocycles. The summed E-state index contributed by atoms with van der Waals surface area (Å²) in [7, 11) is 0. The summed E-state index contributed by atoms with van der Waals surface area (Å²) in [6.45, 7) is 4.36. The molecule has 0 bridgehead atoms. The second-order valence-electron chi connectivity index (χ2n) is 5.13. The number of anilines is 1. The monoisotopic (exact) mass is 246 g/mol. The Bertz CT molecular complexity index is 461. The van der Waals surface area contributed by atoms with E-state index in [4.69, 9.17) is 5.11 Å². The summed E-state index contributed by atoms with van der Waals surface area (Å²) in [4.78, 5) is 15.9. The summed E-state index contributed by atoms with van der Waals surface area (Å²) in [5, 5.41) is 9.03. The minimum atomic E-state index is -0.851. The van der Waals surface area contributed by atoms with Crippen molar-refractivity contribution in [3.8, 4) is 0 Å². The number of rotatable bonds is 2. The van der Waals surface area contributed by atoms with Crippen LogP contribution in [-0.4, -0.2) is 48.2 Å². The molecule has 4 nitrogen and oxygen atoms in total. The fourth-order valence-corrected chi connectivity index (χ4v) is 3.06. The highest BCUT2D eigenvalue weighted by Gasteiger charge is 2.30. The van der Waals surface area contributed by atoms with Gasteiger partial charge in [0, 0.05) is 31.4 Å². The molecule has 1 unspecified atom stereocenters. The van der Waals surface area contributed by atoms with Crippen LogP contribution in [-0.2, 0) is 0 Å². The number of hydrogen-bond donors (Lipinski definition) is 1. The molecular formula is C14H18N2O2. The highest BCUT2D eigenvalue weighted by Crippen LogP contribution is 2.25. The first-order valence-electron chi connectivity index (χ1n) is 6.56. The van der Waals surface area contributed by atoms with Crippen LogP contribution in [0.15, 0.2) is 24.3 Å². The van der Waals surface area contributed by atoms with Gasteiger partial charge in [-0.25, -0.2) is 4.79 Å². The minimum Gasteiger partial charge on any atom is -0.478 e. The van der Waals surface area contributed by atoms with Crippen molar-refractivity contribution in [1.29, 1.82) is 0 Å². The topological polar surface area (TPSA) is 43.8 Å². The van der Waals surface area contributed by atoms with Crippen molar-refractivity contribution in [2.45, 2.75) is 18.9 Å². The van der Waals surface area contributed by atoms with Crippen molar-refractivity contribution in [1.82, 2.24) is 4.90 Å². The van der Waals surface area contributed by atoms with Gasteiger partial charge in [-0.2, -0.15) is 0 Å². The zero-order valence-corrected chi connectivity index (χ0v) is 10.4. The van der Waals surface area contributed by atoms with Crippen LogP contribution in [0, 0.1) is 0 Å². The Balaban J connectivity index is 1.78. The zero-order valence-electron chi connectivity index (χ0n) is 10.4. The van der Waals surface area contributed by atoms with E-state index < -0.39 is 5.97 Å². The molecule has 0 spiro atoms. The molecule has 0 saturated carbocycles. The predicted molar refractivity (Wildman–Crippen MR) is 70.2 cm³/mol. The average Bonchev–Trinajstić information content (AvgIpc) is 2.86. The molecule has 1 N–H and O–H groups in total. The Morgan fingerprint density at radius 1 is 1.28 bits per heavy atom. The molecule has 0 aromatic heterocycles. The third kappa shape index (κ3) is 2.08. The first-order valence-corrected chi connectivity index (χ1v) is 6.56. The van der Waals surface area contributed by atoms with Crippen LogP contribution in [0.2, 0.25) is 0 Å². The largest absolute Gasteiger partial charge is 0.478 e. The van der Waals surface area contributed by atoms with Gasteiger partial charge in [0.25, 0.3) is 0 Å². The third-order valence-corrected chi connectivity index (χ3v) is 4.05. The lowest BCUT2D eigenvalue weighted by atomic mass is 10.1. The van der Waals surface area contributed by atoms with Crippen LogP contribution in [0.1, 0.15) is 23.2 Å². The van der Waals surface area contributed by atoms with Gasteiger partial charge in [-0.15, -0.1) is 0 Å². The highest BCUT2D eigenvalue weighted by atomic mass is 16.4. The quantitative estimate of drug-likeness (QED) is 0.862. The smallest absolute Gasteiger partial charge is 0.335 e. The molecule has 0 radical (unpaired) electrons. The van der Waals surface area contributed by atoms with Crippen molar-refractivity contribution in [2.75, 3.05) is 31.1 Å². The number of carboxylic acids is 1. The van der Waals surface area contributed by atoms with Gasteiger partial charge in [0.15, 0.2) is 0 Å². The van der Waals surface area contributed by atoms with E-state index in [0.29, 0.717) is 11.6 Å². The first kappa shape index (κ1) is 11.5. The molecule has 3 rings (SSSR count). The molecule has 0 aliphatic carbocycles. The predicted octanol–water partition coefficient (Wildman–Crippen LogP) is 1.67. The zero-order chi connectivity index (χ0) is 12.5. The molecule has 4 heteroatoms. The summed E-state index contributed by atoms with van der Waals surface area (Å²) in [6.07, 6.45) is 2.57. The lowest BCUT2D eigenvalue weighted by Crippen LogP contribution is -2.50. The van der Waals surface area contributed by atoms with Gasteiger partial charge in [-0.1, -0.05) is 6.07 Å². The Kier molecular flexibility index (Phi) is 2.96. The number of fused-ring (bicyclic) bond motifs is 1. The van der Waals surface area contributed by atoms with E-state index in [1.807, 2.05) is 12.1 Å². The van der Waals surface area contributed by atoms with E-state index in [1.165, 1.54) is 19.4 Å². The van der Waals surface area contributed by atoms with Gasteiger partial charge in [-0.05, 0) is 37.6 Å². The molecule has 2 saturated heterocycles. The van der Waals surface area contributed by atoms with Crippen LogP contribution in [0.3, 0.4) is 0 Å². The van der Waals surface area contributed by atoms with E-state index in [9.17, 15) is 4.79 Å². The number of piperazine rings is 1. The number of benzene rings is 1. The SMILES string of the molecule is O=C(O)c1cccc(N2CCN3CCCC3C2)c1. The Hall–Kier alpha value is -1.55. The number of nitrogens with zero attached hydrogens (tertiary/aromatic N) is 2. The molecule has 96 valence electrons. The maximum Gasteiger partial charge on any atom is 0.335 e. The van der Waals surface area contributed by atoms with Gasteiger partial charge in [0.05, 0.1) is 5.56 Å². The van der Waals surface area contributed by atoms with Gasteiger partial charge in [0.1, 0.15) is 0 Å². The summed E-state index contributed by atoms with van der Waals surface area (Å²) in [6, 6.07) is 7.94. The molecule has 2 fully saturated rings. The lowest BCUT2D eigenvalue weighted by Gasteiger charge is -2.38. The second-order valence-corrected chi connectivity index (χ2v) is 5.13. The summed E-state index contributed by atoms with van der Waals surface area (Å²) >= 11 is 0. The van der Waals surface area contributed by atoms with E-state index in [2.05, 4.69) is 9.80 Å². The fourth-order valence-electron chi connectivity index (χ4n) is 3.06. The maximum atomic E-state index is 11.0. The number of carbonyl (C=O) groups is 1. The van der Waals surface area contributed by atoms with Crippen LogP contribution in [0.5, 0.6) is 0 Å². The molecule has 18 heavy (non-hydrogen) atoms. The van der Waals surface area contributed by atoms with Crippen molar-refractivity contribution in [3.63, 3.8) is 0 Å². The van der Waals surface area contributed by atoms with Gasteiger partial charge < -0.3 is 10.0 Å². The maximum absolute atomic E-state index is 11.0. The average molecular weight is 246 g/mol. The van der Waals surface area contributed by atoms with Gasteiger partial charge >= 0.3 is 5.97 Å². The van der Waals surface area contributed by atoms with Crippen LogP contribution in [0.4, 0.5) is 5.69 Å². The molecule has 0 amide bonds. The molecule has 1 atom stereocenters. The fraction of sp³-hybridized carbons (Fsp3) is 0.500. The third-order valence-electron chi connectivity index (χ3n) is 4.05. The van der Waals surface area contributed by atoms with Crippen LogP contribution in [0.25, 0.3) is 0 Å². The summed E-state index contributed by atoms with van der Waals surface area (Å²) in [5.41, 5.74) is 1.42. The van der Waals surface area contributed by atoms with Crippen molar-refractivity contribution in [3.05, 3.63) is 29.8 Å². The summed E-state index contributed by atoms with van der Waals surface area (Å²) < 4.78 is 0. The van der Waals surface area contributed by atoms with Crippen molar-refractivity contribution in [2.24, 2.45) is 0 Å². The first-order chi connectivity index (χ1) is 8.74. The Morgan fingerprint density at radius 3 is 3.00 bits per heavy atom. The summed E-state index contributed by atoms with van der Waals surface area (Å²) in [5.74, 6) is -0.851. The standard InChI is InChI=1S/C14H18N2O2/c17-14(18)11-3-1-4-12(9-11)16-8-7-15-6-2-5-13(15)10-16/h1,3-4,9,13H,2,5-8,10H2,(H,17,18). The number of aromatic carboxylic acids is 1. The van der Waals surface area contributed by atoms with Crippen molar-refractivity contribution >= 4 is 11.7 Å². The minimum absolute atomic E-state index is 0.376. The molecule has 1 aromatic rings. The molecule has 2 heterocycles. The highest BCUT2D eigenvalue weighted by molar-refractivity contribution is 5.88. The normalized spacial score (nSPS) is 24.0. The number of carboxylic acid groups (broad SMARTS) is 1. The second kappa shape index (κ2) is 4.61. The van der Waals surface area contributed by atoms with E-state index in [0.717, 1.165) is 25.3 Å². The van der Waals surface area contributed by atoms with Crippen molar-refractivity contribution < 1.29 is 9.90 Å². The van der Waals surface area contributed by atoms with Gasteiger partial charge in [-0.3, -0.25) is 4.90 Å². The molecule has 2 aliphatic rings.